The van der Waals surface area contributed by atoms with Gasteiger partial charge in [0, 0.05) is 24.0 Å². The van der Waals surface area contributed by atoms with Gasteiger partial charge in [0.1, 0.15) is 0 Å². The van der Waals surface area contributed by atoms with Crippen molar-refractivity contribution in [3.05, 3.63) is 46.9 Å². The topological polar surface area (TPSA) is 110 Å². The monoisotopic (exact) mass is 345 g/mol. The fraction of sp³-hybridized carbons (Fsp3) is 0.250. The number of hydrogen-bond acceptors (Lipinski definition) is 5. The van der Waals surface area contributed by atoms with E-state index in [0.29, 0.717) is 28.7 Å². The molecule has 4 N–H and O–H groups in total. The molecule has 7 nitrogen and oxygen atoms in total. The lowest BCUT2D eigenvalue weighted by atomic mass is 10.1. The van der Waals surface area contributed by atoms with E-state index in [4.69, 9.17) is 17.3 Å². The van der Waals surface area contributed by atoms with Crippen molar-refractivity contribution in [2.75, 3.05) is 17.6 Å². The van der Waals surface area contributed by atoms with Crippen LogP contribution in [0.15, 0.2) is 30.6 Å². The standard InChI is InChI=1S/C16H16ClN5O2/c17-10-3-4-12(11(7-10)15(23)21-8-9-1-2-9)22-16(24)13-14(18)20-6-5-19-13/h3-7,9H,1-2,8H2,(H2,18,20)(H,21,23)(H,22,24). The Morgan fingerprint density at radius 1 is 1.21 bits per heavy atom. The highest BCUT2D eigenvalue weighted by molar-refractivity contribution is 6.31. The summed E-state index contributed by atoms with van der Waals surface area (Å²) in [7, 11) is 0. The van der Waals surface area contributed by atoms with Crippen LogP contribution in [0.1, 0.15) is 33.7 Å². The van der Waals surface area contributed by atoms with E-state index in [1.807, 2.05) is 0 Å². The number of carbonyl (C=O) groups is 2. The van der Waals surface area contributed by atoms with Crippen molar-refractivity contribution in [1.82, 2.24) is 15.3 Å². The van der Waals surface area contributed by atoms with Crippen LogP contribution in [-0.2, 0) is 0 Å². The molecule has 0 spiro atoms. The minimum atomic E-state index is -0.542. The minimum absolute atomic E-state index is 0.00297. The van der Waals surface area contributed by atoms with Crippen molar-refractivity contribution in [2.24, 2.45) is 5.92 Å². The van der Waals surface area contributed by atoms with Gasteiger partial charge >= 0.3 is 0 Å². The minimum Gasteiger partial charge on any atom is -0.382 e. The molecular weight excluding hydrogens is 330 g/mol. The van der Waals surface area contributed by atoms with Crippen molar-refractivity contribution in [3.63, 3.8) is 0 Å². The van der Waals surface area contributed by atoms with Gasteiger partial charge < -0.3 is 16.4 Å². The molecule has 124 valence electrons. The molecule has 0 radical (unpaired) electrons. The van der Waals surface area contributed by atoms with Crippen LogP contribution < -0.4 is 16.4 Å². The average molecular weight is 346 g/mol. The van der Waals surface area contributed by atoms with Crippen LogP contribution in [0, 0.1) is 5.92 Å². The number of halogens is 1. The molecule has 0 bridgehead atoms. The van der Waals surface area contributed by atoms with Gasteiger partial charge in [0.25, 0.3) is 11.8 Å². The number of nitrogens with two attached hydrogens (primary N) is 1. The highest BCUT2D eigenvalue weighted by Gasteiger charge is 2.23. The van der Waals surface area contributed by atoms with Crippen molar-refractivity contribution in [1.29, 1.82) is 0 Å². The van der Waals surface area contributed by atoms with E-state index in [1.165, 1.54) is 18.5 Å². The average Bonchev–Trinajstić information content (AvgIpc) is 3.39. The van der Waals surface area contributed by atoms with Crippen LogP contribution in [0.25, 0.3) is 0 Å². The highest BCUT2D eigenvalue weighted by Crippen LogP contribution is 2.28. The number of anilines is 2. The van der Waals surface area contributed by atoms with Crippen molar-refractivity contribution >= 4 is 34.9 Å². The smallest absolute Gasteiger partial charge is 0.278 e. The van der Waals surface area contributed by atoms with Crippen LogP contribution in [-0.4, -0.2) is 28.3 Å². The van der Waals surface area contributed by atoms with Gasteiger partial charge in [-0.2, -0.15) is 0 Å². The molecule has 1 fully saturated rings. The van der Waals surface area contributed by atoms with Gasteiger partial charge in [0.05, 0.1) is 11.3 Å². The first kappa shape index (κ1) is 16.2. The Labute approximate surface area is 143 Å². The summed E-state index contributed by atoms with van der Waals surface area (Å²) in [4.78, 5) is 32.4. The molecule has 1 saturated carbocycles. The summed E-state index contributed by atoms with van der Waals surface area (Å²) in [6.45, 7) is 0.621. The number of benzene rings is 1. The Hall–Kier alpha value is -2.67. The van der Waals surface area contributed by atoms with Crippen molar-refractivity contribution in [3.8, 4) is 0 Å². The van der Waals surface area contributed by atoms with Crippen molar-refractivity contribution < 1.29 is 9.59 Å². The molecule has 1 aromatic carbocycles. The van der Waals surface area contributed by atoms with E-state index in [9.17, 15) is 9.59 Å². The van der Waals surface area contributed by atoms with Gasteiger partial charge in [0.2, 0.25) is 0 Å². The number of rotatable bonds is 5. The first-order valence-corrected chi connectivity index (χ1v) is 7.88. The number of nitrogens with zero attached hydrogens (tertiary/aromatic N) is 2. The molecule has 1 heterocycles. The lowest BCUT2D eigenvalue weighted by Gasteiger charge is -2.12. The maximum atomic E-state index is 12.4. The fourth-order valence-electron chi connectivity index (χ4n) is 2.17. The third kappa shape index (κ3) is 3.80. The number of nitrogen functional groups attached to an aromatic ring is 1. The summed E-state index contributed by atoms with van der Waals surface area (Å²) in [6, 6.07) is 4.67. The normalized spacial score (nSPS) is 13.4. The number of carbonyl (C=O) groups excluding carboxylic acids is 2. The Morgan fingerprint density at radius 3 is 2.67 bits per heavy atom. The molecule has 1 aliphatic carbocycles. The summed E-state index contributed by atoms with van der Waals surface area (Å²) >= 11 is 5.98. The van der Waals surface area contributed by atoms with E-state index in [2.05, 4.69) is 20.6 Å². The third-order valence-electron chi connectivity index (χ3n) is 3.66. The SMILES string of the molecule is Nc1nccnc1C(=O)Nc1ccc(Cl)cc1C(=O)NCC1CC1. The summed E-state index contributed by atoms with van der Waals surface area (Å²) in [5.41, 5.74) is 6.27. The molecule has 1 aromatic heterocycles. The van der Waals surface area contributed by atoms with E-state index in [1.54, 1.807) is 12.1 Å². The molecule has 24 heavy (non-hydrogen) atoms. The van der Waals surface area contributed by atoms with Crippen molar-refractivity contribution in [2.45, 2.75) is 12.8 Å². The zero-order valence-corrected chi connectivity index (χ0v) is 13.5. The highest BCUT2D eigenvalue weighted by atomic mass is 35.5. The Balaban J connectivity index is 1.80. The summed E-state index contributed by atoms with van der Waals surface area (Å²) < 4.78 is 0. The predicted molar refractivity (Wildman–Crippen MR) is 90.9 cm³/mol. The molecule has 0 atom stereocenters. The third-order valence-corrected chi connectivity index (χ3v) is 3.90. The second-order valence-electron chi connectivity index (χ2n) is 5.59. The Kier molecular flexibility index (Phi) is 4.61. The van der Waals surface area contributed by atoms with E-state index in [-0.39, 0.29) is 17.4 Å². The lowest BCUT2D eigenvalue weighted by Crippen LogP contribution is -2.27. The Morgan fingerprint density at radius 2 is 1.96 bits per heavy atom. The van der Waals surface area contributed by atoms with Gasteiger partial charge in [-0.15, -0.1) is 0 Å². The molecule has 0 aliphatic heterocycles. The van der Waals surface area contributed by atoms with E-state index < -0.39 is 5.91 Å². The summed E-state index contributed by atoms with van der Waals surface area (Å²) in [5.74, 6) is -0.264. The second kappa shape index (κ2) is 6.84. The van der Waals surface area contributed by atoms with Crippen LogP contribution in [0.4, 0.5) is 11.5 Å². The van der Waals surface area contributed by atoms with E-state index in [0.717, 1.165) is 12.8 Å². The molecule has 1 aliphatic rings. The number of nitrogens with one attached hydrogen (secondary N) is 2. The van der Waals surface area contributed by atoms with Crippen LogP contribution in [0.2, 0.25) is 5.02 Å². The van der Waals surface area contributed by atoms with Crippen LogP contribution >= 0.6 is 11.6 Å². The van der Waals surface area contributed by atoms with Gasteiger partial charge in [-0.25, -0.2) is 9.97 Å². The zero-order chi connectivity index (χ0) is 17.1. The summed E-state index contributed by atoms with van der Waals surface area (Å²) in [5, 5.41) is 5.90. The largest absolute Gasteiger partial charge is 0.382 e. The second-order valence-corrected chi connectivity index (χ2v) is 6.02. The van der Waals surface area contributed by atoms with Gasteiger partial charge in [-0.3, -0.25) is 9.59 Å². The summed E-state index contributed by atoms with van der Waals surface area (Å²) in [6.07, 6.45) is 5.03. The van der Waals surface area contributed by atoms with Crippen LogP contribution in [0.5, 0.6) is 0 Å². The maximum absolute atomic E-state index is 12.4. The molecular formula is C16H16ClN5O2. The lowest BCUT2D eigenvalue weighted by molar-refractivity contribution is 0.0952. The van der Waals surface area contributed by atoms with Crippen LogP contribution in [0.3, 0.4) is 0 Å². The Bertz CT molecular complexity index is 792. The predicted octanol–water partition coefficient (Wildman–Crippen LogP) is 2.10. The van der Waals surface area contributed by atoms with E-state index >= 15 is 0 Å². The molecule has 0 unspecified atom stereocenters. The zero-order valence-electron chi connectivity index (χ0n) is 12.8. The molecule has 8 heteroatoms. The molecule has 3 rings (SSSR count). The molecule has 2 aromatic rings. The first-order chi connectivity index (χ1) is 11.5. The molecule has 2 amide bonds. The number of hydrogen-bond donors (Lipinski definition) is 3. The number of amides is 2. The van der Waals surface area contributed by atoms with Gasteiger partial charge in [0.15, 0.2) is 11.5 Å². The maximum Gasteiger partial charge on any atom is 0.278 e. The van der Waals surface area contributed by atoms with Gasteiger partial charge in [-0.05, 0) is 37.0 Å². The van der Waals surface area contributed by atoms with Gasteiger partial charge in [-0.1, -0.05) is 11.6 Å². The first-order valence-electron chi connectivity index (χ1n) is 7.50. The molecule has 0 saturated heterocycles. The fourth-order valence-corrected chi connectivity index (χ4v) is 2.34. The quantitative estimate of drug-likeness (QED) is 0.768. The number of aromatic nitrogens is 2.